The van der Waals surface area contributed by atoms with Crippen LogP contribution in [0.5, 0.6) is 5.75 Å². The van der Waals surface area contributed by atoms with Gasteiger partial charge in [-0.05, 0) is 29.6 Å². The number of nitrogens with zero attached hydrogens (tertiary/aromatic N) is 2. The van der Waals surface area contributed by atoms with Crippen molar-refractivity contribution in [2.45, 2.75) is 0 Å². The number of aromatic nitrogens is 3. The fraction of sp³-hybridized carbons (Fsp3) is 0.0769. The summed E-state index contributed by atoms with van der Waals surface area (Å²) in [6.07, 6.45) is 0. The Hall–Kier alpha value is -1.85. The zero-order valence-electron chi connectivity index (χ0n) is 10.1. The maximum atomic E-state index is 6.01. The smallest absolute Gasteiger partial charge is 0.185 e. The van der Waals surface area contributed by atoms with Crippen molar-refractivity contribution in [2.75, 3.05) is 7.11 Å². The minimum absolute atomic E-state index is 0.572. The summed E-state index contributed by atoms with van der Waals surface area (Å²) < 4.78 is 5.30. The number of halogens is 1. The lowest BCUT2D eigenvalue weighted by molar-refractivity contribution is 0.416. The number of rotatable bonds is 3. The quantitative estimate of drug-likeness (QED) is 0.797. The van der Waals surface area contributed by atoms with Crippen molar-refractivity contribution < 1.29 is 4.74 Å². The minimum atomic E-state index is 0.572. The Labute approximate surface area is 119 Å². The van der Waals surface area contributed by atoms with Crippen LogP contribution in [0, 0.1) is 0 Å². The van der Waals surface area contributed by atoms with Gasteiger partial charge in [0, 0.05) is 5.02 Å². The lowest BCUT2D eigenvalue weighted by atomic mass is 10.2. The molecular weight excluding hydrogens is 282 g/mol. The number of hydrogen-bond donors (Lipinski definition) is 1. The number of nitrogens with one attached hydrogen (secondary N) is 1. The molecule has 0 fully saturated rings. The van der Waals surface area contributed by atoms with Crippen LogP contribution in [0.1, 0.15) is 0 Å². The average Bonchev–Trinajstić information content (AvgIpc) is 3.09. The van der Waals surface area contributed by atoms with Crippen LogP contribution in [0.3, 0.4) is 0 Å². The lowest BCUT2D eigenvalue weighted by Gasteiger charge is -2.05. The van der Waals surface area contributed by atoms with Crippen LogP contribution in [0.15, 0.2) is 35.7 Å². The second-order valence-electron chi connectivity index (χ2n) is 3.83. The van der Waals surface area contributed by atoms with Gasteiger partial charge < -0.3 is 4.74 Å². The summed E-state index contributed by atoms with van der Waals surface area (Å²) in [6, 6.07) is 9.34. The molecule has 0 bridgehead atoms. The second kappa shape index (κ2) is 5.03. The van der Waals surface area contributed by atoms with Crippen molar-refractivity contribution >= 4 is 22.9 Å². The largest absolute Gasteiger partial charge is 0.496 e. The molecule has 3 rings (SSSR count). The average molecular weight is 292 g/mol. The summed E-state index contributed by atoms with van der Waals surface area (Å²) >= 11 is 7.62. The van der Waals surface area contributed by atoms with Gasteiger partial charge in [0.25, 0.3) is 0 Å². The molecule has 0 saturated heterocycles. The van der Waals surface area contributed by atoms with E-state index in [9.17, 15) is 0 Å². The number of H-pyrrole nitrogens is 1. The van der Waals surface area contributed by atoms with Crippen LogP contribution >= 0.6 is 22.9 Å². The maximum Gasteiger partial charge on any atom is 0.185 e. The Morgan fingerprint density at radius 1 is 1.32 bits per heavy atom. The first-order valence-electron chi connectivity index (χ1n) is 5.58. The number of ether oxygens (including phenoxy) is 1. The van der Waals surface area contributed by atoms with Crippen molar-refractivity contribution in [3.63, 3.8) is 0 Å². The second-order valence-corrected chi connectivity index (χ2v) is 5.21. The molecule has 1 N–H and O–H groups in total. The Morgan fingerprint density at radius 2 is 2.21 bits per heavy atom. The van der Waals surface area contributed by atoms with Gasteiger partial charge in [-0.15, -0.1) is 11.3 Å². The van der Waals surface area contributed by atoms with E-state index in [-0.39, 0.29) is 0 Å². The van der Waals surface area contributed by atoms with Gasteiger partial charge in [-0.1, -0.05) is 17.7 Å². The molecule has 0 aliphatic rings. The van der Waals surface area contributed by atoms with Crippen molar-refractivity contribution in [3.8, 4) is 27.8 Å². The van der Waals surface area contributed by atoms with E-state index in [1.165, 1.54) is 0 Å². The van der Waals surface area contributed by atoms with Crippen molar-refractivity contribution in [3.05, 3.63) is 40.7 Å². The fourth-order valence-electron chi connectivity index (χ4n) is 1.76. The monoisotopic (exact) mass is 291 g/mol. The summed E-state index contributed by atoms with van der Waals surface area (Å²) in [5.74, 6) is 2.01. The number of hydrogen-bond acceptors (Lipinski definition) is 4. The molecule has 0 aliphatic carbocycles. The molecule has 2 heterocycles. The number of aromatic amines is 1. The fourth-order valence-corrected chi connectivity index (χ4v) is 2.60. The van der Waals surface area contributed by atoms with E-state index < -0.39 is 0 Å². The molecule has 0 radical (unpaired) electrons. The van der Waals surface area contributed by atoms with Crippen LogP contribution in [0.25, 0.3) is 22.1 Å². The summed E-state index contributed by atoms with van der Waals surface area (Å²) in [4.78, 5) is 5.52. The third-order valence-electron chi connectivity index (χ3n) is 2.64. The molecule has 0 spiro atoms. The summed E-state index contributed by atoms with van der Waals surface area (Å²) in [6.45, 7) is 0. The van der Waals surface area contributed by atoms with Crippen LogP contribution < -0.4 is 4.74 Å². The van der Waals surface area contributed by atoms with Gasteiger partial charge in [0.15, 0.2) is 11.6 Å². The first kappa shape index (κ1) is 12.2. The third kappa shape index (κ3) is 2.34. The third-order valence-corrected chi connectivity index (χ3v) is 3.75. The van der Waals surface area contributed by atoms with E-state index in [4.69, 9.17) is 16.3 Å². The normalized spacial score (nSPS) is 10.6. The molecule has 4 nitrogen and oxygen atoms in total. The van der Waals surface area contributed by atoms with Crippen LogP contribution in [-0.2, 0) is 0 Å². The van der Waals surface area contributed by atoms with Crippen molar-refractivity contribution in [2.24, 2.45) is 0 Å². The van der Waals surface area contributed by atoms with Crippen molar-refractivity contribution in [1.82, 2.24) is 15.2 Å². The van der Waals surface area contributed by atoms with Crippen molar-refractivity contribution in [1.29, 1.82) is 0 Å². The topological polar surface area (TPSA) is 50.8 Å². The Kier molecular flexibility index (Phi) is 3.23. The zero-order valence-corrected chi connectivity index (χ0v) is 11.6. The van der Waals surface area contributed by atoms with E-state index in [1.807, 2.05) is 17.5 Å². The standard InChI is InChI=1S/C13H10ClN3OS/c1-18-10-5-4-8(14)7-9(10)12-15-13(17-16-12)11-3-2-6-19-11/h2-7H,1H3,(H,15,16,17). The highest BCUT2D eigenvalue weighted by Crippen LogP contribution is 2.31. The molecule has 1 aromatic carbocycles. The minimum Gasteiger partial charge on any atom is -0.496 e. The van der Waals surface area contributed by atoms with Gasteiger partial charge in [-0.25, -0.2) is 4.98 Å². The molecule has 0 amide bonds. The highest BCUT2D eigenvalue weighted by atomic mass is 35.5. The highest BCUT2D eigenvalue weighted by Gasteiger charge is 2.13. The predicted molar refractivity (Wildman–Crippen MR) is 76.7 cm³/mol. The maximum absolute atomic E-state index is 6.01. The molecule has 0 atom stereocenters. The van der Waals surface area contributed by atoms with E-state index in [1.54, 1.807) is 36.6 Å². The van der Waals surface area contributed by atoms with Gasteiger partial charge in [-0.3, -0.25) is 5.10 Å². The molecule has 0 aliphatic heterocycles. The number of thiophene rings is 1. The molecule has 96 valence electrons. The van der Waals surface area contributed by atoms with Crippen LogP contribution in [0.4, 0.5) is 0 Å². The number of benzene rings is 1. The highest BCUT2D eigenvalue weighted by molar-refractivity contribution is 7.13. The summed E-state index contributed by atoms with van der Waals surface area (Å²) in [5, 5.41) is 9.77. The van der Waals surface area contributed by atoms with Gasteiger partial charge in [0.1, 0.15) is 5.75 Å². The van der Waals surface area contributed by atoms with Gasteiger partial charge in [0.05, 0.1) is 17.6 Å². The van der Waals surface area contributed by atoms with Gasteiger partial charge >= 0.3 is 0 Å². The lowest BCUT2D eigenvalue weighted by Crippen LogP contribution is -1.89. The summed E-state index contributed by atoms with van der Waals surface area (Å²) in [5.41, 5.74) is 0.772. The van der Waals surface area contributed by atoms with Crippen LogP contribution in [-0.4, -0.2) is 22.3 Å². The number of methoxy groups -OCH3 is 1. The molecular formula is C13H10ClN3OS. The Balaban J connectivity index is 2.06. The molecule has 0 unspecified atom stereocenters. The Morgan fingerprint density at radius 3 is 2.95 bits per heavy atom. The molecule has 3 aromatic rings. The van der Waals surface area contributed by atoms with Gasteiger partial charge in [-0.2, -0.15) is 5.10 Å². The summed E-state index contributed by atoms with van der Waals surface area (Å²) in [7, 11) is 1.61. The van der Waals surface area contributed by atoms with Crippen LogP contribution in [0.2, 0.25) is 5.02 Å². The zero-order chi connectivity index (χ0) is 13.2. The molecule has 0 saturated carbocycles. The molecule has 2 aromatic heterocycles. The first-order valence-corrected chi connectivity index (χ1v) is 6.84. The van der Waals surface area contributed by atoms with E-state index in [0.717, 1.165) is 16.3 Å². The SMILES string of the molecule is COc1ccc(Cl)cc1-c1n[nH]c(-c2cccs2)n1. The first-order chi connectivity index (χ1) is 9.28. The van der Waals surface area contributed by atoms with E-state index in [0.29, 0.717) is 16.6 Å². The van der Waals surface area contributed by atoms with E-state index >= 15 is 0 Å². The van der Waals surface area contributed by atoms with E-state index in [2.05, 4.69) is 15.2 Å². The predicted octanol–water partition coefficient (Wildman–Crippen LogP) is 3.86. The Bertz CT molecular complexity index is 694. The molecule has 19 heavy (non-hydrogen) atoms. The molecule has 6 heteroatoms. The van der Waals surface area contributed by atoms with Gasteiger partial charge in [0.2, 0.25) is 0 Å².